The molecule has 0 bridgehead atoms. The largest absolute Gasteiger partial charge is 0.448 e. The van der Waals surface area contributed by atoms with E-state index in [9.17, 15) is 9.59 Å². The van der Waals surface area contributed by atoms with Crippen LogP contribution >= 0.6 is 13.5 Å². The van der Waals surface area contributed by atoms with Crippen molar-refractivity contribution in [2.75, 3.05) is 19.7 Å². The highest BCUT2D eigenvalue weighted by Crippen LogP contribution is 2.26. The summed E-state index contributed by atoms with van der Waals surface area (Å²) in [6.07, 6.45) is 2.11. The first-order valence-electron chi connectivity index (χ1n) is 14.4. The smallest absolute Gasteiger partial charge is 0.409 e. The van der Waals surface area contributed by atoms with Crippen molar-refractivity contribution in [2.24, 2.45) is 5.92 Å². The topological polar surface area (TPSA) is 70.6 Å². The number of H-pyrrole nitrogens is 1. The average Bonchev–Trinajstić information content (AvgIpc) is 3.31. The third-order valence-electron chi connectivity index (χ3n) is 7.83. The molecule has 7 nitrogen and oxygen atoms in total. The van der Waals surface area contributed by atoms with Crippen LogP contribution in [0.3, 0.4) is 0 Å². The minimum atomic E-state index is -0.266. The van der Waals surface area contributed by atoms with E-state index in [1.54, 1.807) is 4.90 Å². The number of rotatable bonds is 10. The number of hydrogen-bond donors (Lipinski definition) is 1. The molecular weight excluding hydrogens is 532 g/mol. The second kappa shape index (κ2) is 14.4. The first-order chi connectivity index (χ1) is 19.5. The van der Waals surface area contributed by atoms with Crippen LogP contribution in [-0.4, -0.2) is 51.2 Å². The van der Waals surface area contributed by atoms with Gasteiger partial charge in [-0.05, 0) is 48.4 Å². The first-order valence-corrected chi connectivity index (χ1v) is 14.4. The highest BCUT2D eigenvalue weighted by Gasteiger charge is 2.28. The maximum absolute atomic E-state index is 13.2. The molecule has 2 heterocycles. The maximum Gasteiger partial charge on any atom is 0.409 e. The van der Waals surface area contributed by atoms with Crippen LogP contribution in [0.25, 0.3) is 11.0 Å². The average molecular weight is 575 g/mol. The molecule has 1 aromatic heterocycles. The van der Waals surface area contributed by atoms with Crippen LogP contribution in [0.1, 0.15) is 50.3 Å². The molecule has 1 aliphatic rings. The van der Waals surface area contributed by atoms with Gasteiger partial charge in [0.1, 0.15) is 6.61 Å². The van der Waals surface area contributed by atoms with E-state index >= 15 is 0 Å². The number of likely N-dealkylation sites (tertiary alicyclic amines) is 1. The van der Waals surface area contributed by atoms with Gasteiger partial charge in [-0.1, -0.05) is 86.6 Å². The fourth-order valence-electron chi connectivity index (χ4n) is 5.82. The van der Waals surface area contributed by atoms with Gasteiger partial charge < -0.3 is 14.6 Å². The van der Waals surface area contributed by atoms with E-state index in [0.29, 0.717) is 25.6 Å². The summed E-state index contributed by atoms with van der Waals surface area (Å²) in [5.41, 5.74) is 4.17. The van der Waals surface area contributed by atoms with Gasteiger partial charge in [-0.2, -0.15) is 13.5 Å². The quantitative estimate of drug-likeness (QED) is 0.240. The number of nitrogens with zero attached hydrogens (tertiary/aromatic N) is 3. The van der Waals surface area contributed by atoms with E-state index in [4.69, 9.17) is 4.74 Å². The Kier molecular flexibility index (Phi) is 10.7. The van der Waals surface area contributed by atoms with Crippen LogP contribution < -0.4 is 5.69 Å². The van der Waals surface area contributed by atoms with Crippen LogP contribution in [0.2, 0.25) is 0 Å². The Morgan fingerprint density at radius 1 is 0.902 bits per heavy atom. The summed E-state index contributed by atoms with van der Waals surface area (Å²) >= 11 is 0. The molecule has 1 N–H and O–H groups in total. The molecule has 218 valence electrons. The molecule has 4 aromatic rings. The zero-order valence-electron chi connectivity index (χ0n) is 24.0. The number of fused-ring (bicyclic) bond motifs is 1. The van der Waals surface area contributed by atoms with Gasteiger partial charge in [0.2, 0.25) is 0 Å². The number of nitrogens with one attached hydrogen (secondary N) is 1. The number of para-hydroxylation sites is 2. The van der Waals surface area contributed by atoms with Crippen molar-refractivity contribution in [2.45, 2.75) is 58.3 Å². The van der Waals surface area contributed by atoms with Crippen molar-refractivity contribution in [1.82, 2.24) is 19.4 Å². The predicted octanol–water partition coefficient (Wildman–Crippen LogP) is 6.33. The van der Waals surface area contributed by atoms with E-state index in [0.717, 1.165) is 43.4 Å². The number of benzene rings is 3. The fraction of sp³-hybridized carbons (Fsp3) is 0.394. The molecule has 1 atom stereocenters. The Balaban J connectivity index is 0.00000387. The summed E-state index contributed by atoms with van der Waals surface area (Å²) in [5.74, 6) is 0.461. The maximum atomic E-state index is 13.2. The summed E-state index contributed by atoms with van der Waals surface area (Å²) in [4.78, 5) is 33.0. The molecule has 1 amide bonds. The fourth-order valence-corrected chi connectivity index (χ4v) is 5.82. The van der Waals surface area contributed by atoms with Crippen molar-refractivity contribution < 1.29 is 9.53 Å². The molecule has 1 aliphatic heterocycles. The lowest BCUT2D eigenvalue weighted by molar-refractivity contribution is 0.0453. The Hall–Kier alpha value is -3.49. The van der Waals surface area contributed by atoms with Crippen LogP contribution in [-0.2, 0) is 17.8 Å². The van der Waals surface area contributed by atoms with Crippen molar-refractivity contribution in [3.8, 4) is 0 Å². The molecule has 0 radical (unpaired) electrons. The van der Waals surface area contributed by atoms with Crippen LogP contribution in [0, 0.1) is 5.92 Å². The van der Waals surface area contributed by atoms with Gasteiger partial charge in [0.15, 0.2) is 0 Å². The molecule has 5 rings (SSSR count). The second-order valence-electron chi connectivity index (χ2n) is 11.3. The molecule has 8 heteroatoms. The lowest BCUT2D eigenvalue weighted by atomic mass is 10.0. The number of ether oxygens (including phenoxy) is 1. The monoisotopic (exact) mass is 574 g/mol. The number of piperidine rings is 1. The van der Waals surface area contributed by atoms with Gasteiger partial charge in [0, 0.05) is 38.3 Å². The molecule has 1 saturated heterocycles. The molecule has 0 aliphatic carbocycles. The van der Waals surface area contributed by atoms with Crippen molar-refractivity contribution in [3.63, 3.8) is 0 Å². The summed E-state index contributed by atoms with van der Waals surface area (Å²) < 4.78 is 7.84. The Morgan fingerprint density at radius 2 is 1.46 bits per heavy atom. The van der Waals surface area contributed by atoms with E-state index in [1.807, 2.05) is 41.0 Å². The Labute approximate surface area is 249 Å². The van der Waals surface area contributed by atoms with Gasteiger partial charge in [0.25, 0.3) is 0 Å². The number of carbonyl (C=O) groups excluding carboxylic acids is 1. The lowest BCUT2D eigenvalue weighted by Gasteiger charge is -2.35. The molecule has 0 spiro atoms. The summed E-state index contributed by atoms with van der Waals surface area (Å²) in [5, 5.41) is 0. The number of aromatic amines is 1. The third kappa shape index (κ3) is 7.83. The van der Waals surface area contributed by atoms with E-state index in [1.165, 1.54) is 11.1 Å². The number of imidazole rings is 1. The number of aromatic nitrogens is 2. The Bertz CT molecular complexity index is 1390. The molecular formula is C33H42N4O3S. The third-order valence-corrected chi connectivity index (χ3v) is 7.83. The van der Waals surface area contributed by atoms with E-state index < -0.39 is 0 Å². The number of carbonyl (C=O) groups is 1. The van der Waals surface area contributed by atoms with Gasteiger partial charge in [0.05, 0.1) is 11.0 Å². The van der Waals surface area contributed by atoms with Crippen molar-refractivity contribution in [1.29, 1.82) is 0 Å². The van der Waals surface area contributed by atoms with Gasteiger partial charge in [-0.25, -0.2) is 9.59 Å². The van der Waals surface area contributed by atoms with Gasteiger partial charge in [-0.3, -0.25) is 9.47 Å². The number of hydrogen-bond acceptors (Lipinski definition) is 4. The summed E-state index contributed by atoms with van der Waals surface area (Å²) in [7, 11) is 0. The van der Waals surface area contributed by atoms with Gasteiger partial charge >= 0.3 is 11.8 Å². The minimum absolute atomic E-state index is 0. The highest BCUT2D eigenvalue weighted by molar-refractivity contribution is 7.59. The summed E-state index contributed by atoms with van der Waals surface area (Å²) in [6, 6.07) is 28.9. The zero-order valence-corrected chi connectivity index (χ0v) is 25.0. The molecule has 41 heavy (non-hydrogen) atoms. The van der Waals surface area contributed by atoms with Crippen LogP contribution in [0.5, 0.6) is 0 Å². The molecule has 1 fully saturated rings. The SMILES string of the molecule is CC(C)C[C@@H](COC(=O)N1CCC(n2c(=O)[nH]c3ccccc32)CC1)N(Cc1ccccc1)Cc1ccccc1.S. The zero-order chi connectivity index (χ0) is 27.9. The molecule has 3 aromatic carbocycles. The minimum Gasteiger partial charge on any atom is -0.448 e. The second-order valence-corrected chi connectivity index (χ2v) is 11.3. The summed E-state index contributed by atoms with van der Waals surface area (Å²) in [6.45, 7) is 7.50. The van der Waals surface area contributed by atoms with E-state index in [2.05, 4.69) is 72.3 Å². The normalized spacial score (nSPS) is 14.8. The highest BCUT2D eigenvalue weighted by atomic mass is 32.1. The number of amides is 1. The van der Waals surface area contributed by atoms with Crippen LogP contribution in [0.15, 0.2) is 89.7 Å². The Morgan fingerprint density at radius 3 is 2.05 bits per heavy atom. The lowest BCUT2D eigenvalue weighted by Crippen LogP contribution is -2.44. The molecule has 0 unspecified atom stereocenters. The van der Waals surface area contributed by atoms with Crippen molar-refractivity contribution in [3.05, 3.63) is 107 Å². The van der Waals surface area contributed by atoms with Crippen molar-refractivity contribution >= 4 is 30.6 Å². The predicted molar refractivity (Wildman–Crippen MR) is 170 cm³/mol. The van der Waals surface area contributed by atoms with E-state index in [-0.39, 0.29) is 37.4 Å². The van der Waals surface area contributed by atoms with Gasteiger partial charge in [-0.15, -0.1) is 0 Å². The van der Waals surface area contributed by atoms with Crippen LogP contribution in [0.4, 0.5) is 4.79 Å². The first kappa shape index (κ1) is 30.5. The molecule has 0 saturated carbocycles. The standard InChI is InChI=1S/C33H40N4O3.H2S/c1-25(2)21-29(36(22-26-11-5-3-6-12-26)23-27-13-7-4-8-14-27)24-40-33(39)35-19-17-28(18-20-35)37-31-16-10-9-15-30(31)34-32(37)38;/h3-16,25,28-29H,17-24H2,1-2H3,(H,34,38);1H2/t29-;/m0./s1.